The Kier molecular flexibility index (Phi) is 5.19. The highest BCUT2D eigenvalue weighted by molar-refractivity contribution is 8.00. The molecule has 3 rings (SSSR count). The smallest absolute Gasteiger partial charge is 0.350 e. The summed E-state index contributed by atoms with van der Waals surface area (Å²) in [6.45, 7) is 2.27. The molecule has 134 valence electrons. The number of fused-ring (bicyclic) bond motifs is 1. The van der Waals surface area contributed by atoms with Gasteiger partial charge in [0.25, 0.3) is 0 Å². The van der Waals surface area contributed by atoms with Crippen LogP contribution in [0.5, 0.6) is 0 Å². The average Bonchev–Trinajstić information content (AvgIpc) is 2.91. The first-order valence-electron chi connectivity index (χ1n) is 7.98. The van der Waals surface area contributed by atoms with Crippen molar-refractivity contribution in [3.05, 3.63) is 39.3 Å². The second kappa shape index (κ2) is 7.21. The molecule has 1 atom stereocenters. The Morgan fingerprint density at radius 2 is 2.24 bits per heavy atom. The van der Waals surface area contributed by atoms with E-state index in [1.54, 1.807) is 11.5 Å². The zero-order chi connectivity index (χ0) is 18.1. The van der Waals surface area contributed by atoms with Gasteiger partial charge >= 0.3 is 5.69 Å². The van der Waals surface area contributed by atoms with Gasteiger partial charge < -0.3 is 9.90 Å². The zero-order valence-electron chi connectivity index (χ0n) is 13.5. The molecule has 1 unspecified atom stereocenters. The molecule has 2 heterocycles. The summed E-state index contributed by atoms with van der Waals surface area (Å²) in [5.41, 5.74) is -0.439. The Labute approximate surface area is 152 Å². The molecule has 0 N–H and O–H groups in total. The first-order valence-corrected chi connectivity index (χ1v) is 9.23. The fourth-order valence-electron chi connectivity index (χ4n) is 2.78. The minimum Gasteiger partial charge on any atom is -0.549 e. The number of thioether (sulfide) groups is 1. The molecule has 1 aliphatic rings. The summed E-state index contributed by atoms with van der Waals surface area (Å²) in [6.07, 6.45) is 2.81. The number of aromatic nitrogens is 3. The van der Waals surface area contributed by atoms with Crippen molar-refractivity contribution in [2.24, 2.45) is 0 Å². The molecule has 0 bridgehead atoms. The number of rotatable bonds is 5. The van der Waals surface area contributed by atoms with Crippen LogP contribution in [0.4, 0.5) is 4.39 Å². The number of carboxylic acids is 1. The summed E-state index contributed by atoms with van der Waals surface area (Å²) < 4.78 is 17.0. The van der Waals surface area contributed by atoms with Crippen LogP contribution in [0, 0.1) is 5.82 Å². The number of benzene rings is 1. The van der Waals surface area contributed by atoms with E-state index < -0.39 is 22.7 Å². The van der Waals surface area contributed by atoms with E-state index in [4.69, 9.17) is 11.6 Å². The van der Waals surface area contributed by atoms with E-state index in [-0.39, 0.29) is 10.7 Å². The number of hydrogen-bond donors (Lipinski definition) is 0. The van der Waals surface area contributed by atoms with Crippen molar-refractivity contribution in [3.63, 3.8) is 0 Å². The summed E-state index contributed by atoms with van der Waals surface area (Å²) >= 11 is 7.02. The molecule has 0 amide bonds. The SMILES string of the molecule is CCC(Sc1cc(-n2nc3n(c2=O)CCCC3)c(F)cc1Cl)C(=O)[O-]. The first-order chi connectivity index (χ1) is 11.9. The van der Waals surface area contributed by atoms with Gasteiger partial charge in [0, 0.05) is 23.1 Å². The van der Waals surface area contributed by atoms with Crippen LogP contribution in [0.2, 0.25) is 5.02 Å². The Bertz CT molecular complexity index is 880. The Morgan fingerprint density at radius 3 is 2.88 bits per heavy atom. The summed E-state index contributed by atoms with van der Waals surface area (Å²) in [6, 6.07) is 2.44. The Morgan fingerprint density at radius 1 is 1.48 bits per heavy atom. The molecule has 0 saturated heterocycles. The number of halogens is 2. The fraction of sp³-hybridized carbons (Fsp3) is 0.438. The summed E-state index contributed by atoms with van der Waals surface area (Å²) in [4.78, 5) is 24.0. The average molecular weight is 385 g/mol. The lowest BCUT2D eigenvalue weighted by molar-refractivity contribution is -0.304. The van der Waals surface area contributed by atoms with Gasteiger partial charge in [-0.05, 0) is 31.4 Å². The van der Waals surface area contributed by atoms with Crippen LogP contribution >= 0.6 is 23.4 Å². The van der Waals surface area contributed by atoms with Crippen LogP contribution in [-0.2, 0) is 17.8 Å². The van der Waals surface area contributed by atoms with E-state index in [9.17, 15) is 19.1 Å². The number of carbonyl (C=O) groups is 1. The third-order valence-electron chi connectivity index (χ3n) is 4.10. The van der Waals surface area contributed by atoms with E-state index in [1.165, 1.54) is 6.07 Å². The normalized spacial score (nSPS) is 15.0. The third-order valence-corrected chi connectivity index (χ3v) is 5.93. The molecule has 0 radical (unpaired) electrons. The van der Waals surface area contributed by atoms with Crippen molar-refractivity contribution >= 4 is 29.3 Å². The van der Waals surface area contributed by atoms with Crippen molar-refractivity contribution in [1.29, 1.82) is 0 Å². The predicted octanol–water partition coefficient (Wildman–Crippen LogP) is 1.78. The number of nitrogens with zero attached hydrogens (tertiary/aromatic N) is 3. The van der Waals surface area contributed by atoms with Crippen LogP contribution < -0.4 is 10.8 Å². The minimum absolute atomic E-state index is 0.0352. The predicted molar refractivity (Wildman–Crippen MR) is 90.7 cm³/mol. The van der Waals surface area contributed by atoms with E-state index in [1.807, 2.05) is 0 Å². The lowest BCUT2D eigenvalue weighted by Gasteiger charge is -2.17. The van der Waals surface area contributed by atoms with Crippen LogP contribution in [0.15, 0.2) is 21.8 Å². The van der Waals surface area contributed by atoms with Crippen molar-refractivity contribution in [1.82, 2.24) is 14.3 Å². The molecule has 6 nitrogen and oxygen atoms in total. The van der Waals surface area contributed by atoms with Crippen molar-refractivity contribution < 1.29 is 14.3 Å². The van der Waals surface area contributed by atoms with Crippen molar-refractivity contribution in [2.45, 2.75) is 49.3 Å². The van der Waals surface area contributed by atoms with Gasteiger partial charge in [-0.2, -0.15) is 4.68 Å². The molecule has 0 aliphatic carbocycles. The standard InChI is InChI=1S/C16H17ClFN3O3S/c1-2-12(15(22)23)25-13-8-11(10(18)7-9(13)17)21-16(24)20-6-4-3-5-14(20)19-21/h7-8,12H,2-6H2,1H3,(H,22,23)/p-1. The van der Waals surface area contributed by atoms with Crippen LogP contribution in [0.3, 0.4) is 0 Å². The number of hydrogen-bond acceptors (Lipinski definition) is 5. The lowest BCUT2D eigenvalue weighted by Crippen LogP contribution is -2.33. The molecule has 1 aliphatic heterocycles. The molecule has 2 aromatic rings. The van der Waals surface area contributed by atoms with E-state index in [0.29, 0.717) is 30.1 Å². The Balaban J connectivity index is 2.05. The second-order valence-electron chi connectivity index (χ2n) is 5.79. The maximum absolute atomic E-state index is 14.4. The highest BCUT2D eigenvalue weighted by Gasteiger charge is 2.21. The second-order valence-corrected chi connectivity index (χ2v) is 7.44. The molecule has 0 spiro atoms. The molecular formula is C16H16ClFN3O3S-. The van der Waals surface area contributed by atoms with Gasteiger partial charge in [-0.25, -0.2) is 9.18 Å². The van der Waals surface area contributed by atoms with E-state index in [2.05, 4.69) is 5.10 Å². The summed E-state index contributed by atoms with van der Waals surface area (Å²) in [7, 11) is 0. The number of aryl methyl sites for hydroxylation is 1. The number of aliphatic carboxylic acids is 1. The summed E-state index contributed by atoms with van der Waals surface area (Å²) in [5, 5.41) is 14.6. The van der Waals surface area contributed by atoms with E-state index in [0.717, 1.165) is 35.4 Å². The zero-order valence-corrected chi connectivity index (χ0v) is 15.1. The van der Waals surface area contributed by atoms with Crippen LogP contribution in [0.1, 0.15) is 32.0 Å². The fourth-order valence-corrected chi connectivity index (χ4v) is 3.98. The highest BCUT2D eigenvalue weighted by atomic mass is 35.5. The topological polar surface area (TPSA) is 80.0 Å². The Hall–Kier alpha value is -1.80. The maximum Gasteiger partial charge on any atom is 0.350 e. The van der Waals surface area contributed by atoms with Crippen molar-refractivity contribution in [2.75, 3.05) is 0 Å². The highest BCUT2D eigenvalue weighted by Crippen LogP contribution is 2.34. The van der Waals surface area contributed by atoms with Crippen LogP contribution in [0.25, 0.3) is 5.69 Å². The third kappa shape index (κ3) is 3.46. The first kappa shape index (κ1) is 18.0. The van der Waals surface area contributed by atoms with Gasteiger partial charge in [-0.15, -0.1) is 16.9 Å². The lowest BCUT2D eigenvalue weighted by atomic mass is 10.2. The van der Waals surface area contributed by atoms with Gasteiger partial charge in [0.05, 0.1) is 11.0 Å². The molecule has 25 heavy (non-hydrogen) atoms. The maximum atomic E-state index is 14.4. The van der Waals surface area contributed by atoms with Gasteiger partial charge in [0.2, 0.25) is 0 Å². The molecule has 1 aromatic carbocycles. The quantitative estimate of drug-likeness (QED) is 0.734. The summed E-state index contributed by atoms with van der Waals surface area (Å²) in [5.74, 6) is -1.28. The monoisotopic (exact) mass is 384 g/mol. The van der Waals surface area contributed by atoms with Gasteiger partial charge in [-0.3, -0.25) is 4.57 Å². The minimum atomic E-state index is -1.22. The molecule has 0 fully saturated rings. The van der Waals surface area contributed by atoms with Gasteiger partial charge in [0.1, 0.15) is 11.5 Å². The largest absolute Gasteiger partial charge is 0.549 e. The molecule has 0 saturated carbocycles. The number of carboxylic acid groups (broad SMARTS) is 1. The van der Waals surface area contributed by atoms with Crippen LogP contribution in [-0.4, -0.2) is 25.6 Å². The molecular weight excluding hydrogens is 369 g/mol. The molecule has 1 aromatic heterocycles. The van der Waals surface area contributed by atoms with Gasteiger partial charge in [-0.1, -0.05) is 18.5 Å². The van der Waals surface area contributed by atoms with Crippen molar-refractivity contribution in [3.8, 4) is 5.69 Å². The number of carbonyl (C=O) groups excluding carboxylic acids is 1. The van der Waals surface area contributed by atoms with E-state index >= 15 is 0 Å². The van der Waals surface area contributed by atoms with Gasteiger partial charge in [0.15, 0.2) is 5.82 Å². The molecule has 9 heteroatoms.